The second kappa shape index (κ2) is 6.80. The number of nitrogens with one attached hydrogen (secondary N) is 2. The van der Waals surface area contributed by atoms with Crippen molar-refractivity contribution in [1.82, 2.24) is 5.32 Å². The highest BCUT2D eigenvalue weighted by molar-refractivity contribution is 5.91. The predicted octanol–water partition coefficient (Wildman–Crippen LogP) is 2.76. The van der Waals surface area contributed by atoms with Crippen LogP contribution in [0.5, 0.6) is 5.75 Å². The van der Waals surface area contributed by atoms with Gasteiger partial charge in [0.05, 0.1) is 24.4 Å². The van der Waals surface area contributed by atoms with Crippen LogP contribution in [0.1, 0.15) is 33.1 Å². The maximum atomic E-state index is 12.2. The number of urea groups is 1. The lowest BCUT2D eigenvalue weighted by Gasteiger charge is -2.29. The van der Waals surface area contributed by atoms with E-state index in [1.165, 1.54) is 0 Å². The molecule has 0 heterocycles. The fourth-order valence-corrected chi connectivity index (χ4v) is 2.31. The molecule has 0 aliphatic heterocycles. The van der Waals surface area contributed by atoms with Crippen molar-refractivity contribution in [2.45, 2.75) is 38.6 Å². The first kappa shape index (κ1) is 15.6. The Morgan fingerprint density at radius 1 is 1.43 bits per heavy atom. The average molecular weight is 292 g/mol. The number of rotatable bonds is 7. The molecular formula is C16H24N2O3. The number of carbonyl (C=O) groups excluding carboxylic acids is 1. The second-order valence-electron chi connectivity index (χ2n) is 5.77. The predicted molar refractivity (Wildman–Crippen MR) is 82.6 cm³/mol. The van der Waals surface area contributed by atoms with E-state index in [4.69, 9.17) is 4.74 Å². The Labute approximate surface area is 125 Å². The zero-order valence-corrected chi connectivity index (χ0v) is 12.7. The van der Waals surface area contributed by atoms with E-state index in [9.17, 15) is 9.90 Å². The van der Waals surface area contributed by atoms with Crippen LogP contribution < -0.4 is 15.4 Å². The van der Waals surface area contributed by atoms with Gasteiger partial charge < -0.3 is 20.5 Å². The zero-order chi connectivity index (χ0) is 15.3. The molecule has 1 unspecified atom stereocenters. The molecule has 1 aliphatic carbocycles. The Balaban J connectivity index is 1.99. The molecule has 1 aromatic rings. The molecule has 1 aliphatic rings. The van der Waals surface area contributed by atoms with Gasteiger partial charge in [0.25, 0.3) is 0 Å². The number of aliphatic hydroxyl groups is 1. The monoisotopic (exact) mass is 292 g/mol. The standard InChI is InChI=1S/C16H24N2O3/c1-3-10-21-14-7-5-4-6-13(14)17-15(20)18-16(2,11-19)12-8-9-12/h4-7,12,19H,3,8-11H2,1-2H3,(H2,17,18,20). The molecule has 1 atom stereocenters. The summed E-state index contributed by atoms with van der Waals surface area (Å²) in [5.41, 5.74) is 0.0862. The summed E-state index contributed by atoms with van der Waals surface area (Å²) in [6, 6.07) is 7.04. The Hall–Kier alpha value is -1.75. The molecule has 0 radical (unpaired) electrons. The molecular weight excluding hydrogens is 268 g/mol. The second-order valence-corrected chi connectivity index (χ2v) is 5.77. The summed E-state index contributed by atoms with van der Waals surface area (Å²) in [6.07, 6.45) is 3.01. The van der Waals surface area contributed by atoms with E-state index in [0.717, 1.165) is 19.3 Å². The first-order chi connectivity index (χ1) is 10.1. The Morgan fingerprint density at radius 3 is 2.76 bits per heavy atom. The number of hydrogen-bond acceptors (Lipinski definition) is 3. The smallest absolute Gasteiger partial charge is 0.319 e. The molecule has 1 fully saturated rings. The van der Waals surface area contributed by atoms with Crippen molar-refractivity contribution in [3.8, 4) is 5.75 Å². The largest absolute Gasteiger partial charge is 0.491 e. The van der Waals surface area contributed by atoms with E-state index < -0.39 is 5.54 Å². The third-order valence-electron chi connectivity index (χ3n) is 3.80. The van der Waals surface area contributed by atoms with Crippen molar-refractivity contribution >= 4 is 11.7 Å². The molecule has 5 nitrogen and oxygen atoms in total. The molecule has 0 saturated heterocycles. The highest BCUT2D eigenvalue weighted by Crippen LogP contribution is 2.39. The number of benzene rings is 1. The molecule has 21 heavy (non-hydrogen) atoms. The topological polar surface area (TPSA) is 70.6 Å². The van der Waals surface area contributed by atoms with E-state index in [2.05, 4.69) is 10.6 Å². The van der Waals surface area contributed by atoms with Crippen LogP contribution in [0, 0.1) is 5.92 Å². The van der Waals surface area contributed by atoms with Gasteiger partial charge in [-0.15, -0.1) is 0 Å². The van der Waals surface area contributed by atoms with Crippen LogP contribution in [-0.4, -0.2) is 29.9 Å². The number of para-hydroxylation sites is 2. The van der Waals surface area contributed by atoms with Crippen molar-refractivity contribution < 1.29 is 14.6 Å². The molecule has 116 valence electrons. The fraction of sp³-hybridized carbons (Fsp3) is 0.562. The average Bonchev–Trinajstić information content (AvgIpc) is 3.31. The number of aliphatic hydroxyl groups excluding tert-OH is 1. The number of anilines is 1. The summed E-state index contributed by atoms with van der Waals surface area (Å²) in [5, 5.41) is 15.2. The number of amides is 2. The minimum absolute atomic E-state index is 0.0565. The van der Waals surface area contributed by atoms with Crippen molar-refractivity contribution in [2.75, 3.05) is 18.5 Å². The van der Waals surface area contributed by atoms with Gasteiger partial charge in [-0.1, -0.05) is 19.1 Å². The molecule has 0 spiro atoms. The summed E-state index contributed by atoms with van der Waals surface area (Å²) < 4.78 is 5.61. The van der Waals surface area contributed by atoms with Crippen LogP contribution in [0.3, 0.4) is 0 Å². The lowest BCUT2D eigenvalue weighted by Crippen LogP contribution is -2.52. The SMILES string of the molecule is CCCOc1ccccc1NC(=O)NC(C)(CO)C1CC1. The molecule has 0 aromatic heterocycles. The van der Waals surface area contributed by atoms with Gasteiger partial charge in [0.15, 0.2) is 0 Å². The minimum Gasteiger partial charge on any atom is -0.491 e. The number of carbonyl (C=O) groups is 1. The van der Waals surface area contributed by atoms with Gasteiger partial charge in [-0.05, 0) is 44.2 Å². The van der Waals surface area contributed by atoms with Gasteiger partial charge in [-0.2, -0.15) is 0 Å². The first-order valence-corrected chi connectivity index (χ1v) is 7.51. The van der Waals surface area contributed by atoms with E-state index >= 15 is 0 Å². The molecule has 0 bridgehead atoms. The normalized spacial score (nSPS) is 16.9. The van der Waals surface area contributed by atoms with Crippen LogP contribution in [-0.2, 0) is 0 Å². The third kappa shape index (κ3) is 4.11. The number of ether oxygens (including phenoxy) is 1. The van der Waals surface area contributed by atoms with Crippen LogP contribution >= 0.6 is 0 Å². The third-order valence-corrected chi connectivity index (χ3v) is 3.80. The summed E-state index contributed by atoms with van der Waals surface area (Å²) in [6.45, 7) is 4.46. The van der Waals surface area contributed by atoms with E-state index in [1.807, 2.05) is 32.0 Å². The molecule has 1 saturated carbocycles. The lowest BCUT2D eigenvalue weighted by atomic mass is 9.97. The summed E-state index contributed by atoms with van der Waals surface area (Å²) in [7, 11) is 0. The van der Waals surface area contributed by atoms with E-state index in [-0.39, 0.29) is 12.6 Å². The van der Waals surface area contributed by atoms with Crippen molar-refractivity contribution in [1.29, 1.82) is 0 Å². The van der Waals surface area contributed by atoms with Gasteiger partial charge in [0.2, 0.25) is 0 Å². The molecule has 5 heteroatoms. The molecule has 2 rings (SSSR count). The minimum atomic E-state index is -0.552. The quantitative estimate of drug-likeness (QED) is 0.723. The molecule has 1 aromatic carbocycles. The molecule has 2 amide bonds. The highest BCUT2D eigenvalue weighted by atomic mass is 16.5. The Kier molecular flexibility index (Phi) is 5.07. The molecule has 3 N–H and O–H groups in total. The first-order valence-electron chi connectivity index (χ1n) is 7.51. The van der Waals surface area contributed by atoms with E-state index in [0.29, 0.717) is 24.0 Å². The van der Waals surface area contributed by atoms with Crippen molar-refractivity contribution in [3.05, 3.63) is 24.3 Å². The van der Waals surface area contributed by atoms with Crippen LogP contribution in [0.15, 0.2) is 24.3 Å². The summed E-state index contributed by atoms with van der Waals surface area (Å²) in [5.74, 6) is 1.02. The number of hydrogen-bond donors (Lipinski definition) is 3. The summed E-state index contributed by atoms with van der Waals surface area (Å²) in [4.78, 5) is 12.2. The Bertz CT molecular complexity index is 488. The lowest BCUT2D eigenvalue weighted by molar-refractivity contribution is 0.159. The maximum absolute atomic E-state index is 12.2. The highest BCUT2D eigenvalue weighted by Gasteiger charge is 2.42. The van der Waals surface area contributed by atoms with E-state index in [1.54, 1.807) is 6.07 Å². The van der Waals surface area contributed by atoms with Gasteiger partial charge in [0.1, 0.15) is 5.75 Å². The van der Waals surface area contributed by atoms with Gasteiger partial charge in [-0.25, -0.2) is 4.79 Å². The van der Waals surface area contributed by atoms with Gasteiger partial charge >= 0.3 is 6.03 Å². The van der Waals surface area contributed by atoms with Crippen molar-refractivity contribution in [3.63, 3.8) is 0 Å². The van der Waals surface area contributed by atoms with Gasteiger partial charge in [0, 0.05) is 0 Å². The van der Waals surface area contributed by atoms with Gasteiger partial charge in [-0.3, -0.25) is 0 Å². The van der Waals surface area contributed by atoms with Crippen LogP contribution in [0.4, 0.5) is 10.5 Å². The summed E-state index contributed by atoms with van der Waals surface area (Å²) >= 11 is 0. The van der Waals surface area contributed by atoms with Crippen molar-refractivity contribution in [2.24, 2.45) is 5.92 Å². The Morgan fingerprint density at radius 2 is 2.14 bits per heavy atom. The van der Waals surface area contributed by atoms with Crippen LogP contribution in [0.2, 0.25) is 0 Å². The zero-order valence-electron chi connectivity index (χ0n) is 12.7. The van der Waals surface area contributed by atoms with Crippen LogP contribution in [0.25, 0.3) is 0 Å². The fourth-order valence-electron chi connectivity index (χ4n) is 2.31. The maximum Gasteiger partial charge on any atom is 0.319 e.